The zero-order valence-corrected chi connectivity index (χ0v) is 23.5. The van der Waals surface area contributed by atoms with Crippen LogP contribution in [-0.4, -0.2) is 75.7 Å². The molecule has 210 valence electrons. The van der Waals surface area contributed by atoms with Crippen LogP contribution >= 0.6 is 19.0 Å². The highest BCUT2D eigenvalue weighted by Gasteiger charge is 2.78. The van der Waals surface area contributed by atoms with Crippen LogP contribution in [0.5, 0.6) is 6.01 Å². The summed E-state index contributed by atoms with van der Waals surface area (Å²) < 4.78 is 34.0. The molecular formula is C22H35N2O11PS. The highest BCUT2D eigenvalue weighted by molar-refractivity contribution is 8.27. The van der Waals surface area contributed by atoms with E-state index in [1.165, 1.54) is 34.6 Å². The molecule has 5 rings (SSSR count). The molecule has 0 saturated carbocycles. The molecule has 13 nitrogen and oxygen atoms in total. The second-order valence-corrected chi connectivity index (χ2v) is 13.7. The first kappa shape index (κ1) is 28.5. The average Bonchev–Trinajstić information content (AvgIpc) is 3.18. The number of aromatic nitrogens is 2. The first-order valence-corrected chi connectivity index (χ1v) is 14.6. The summed E-state index contributed by atoms with van der Waals surface area (Å²) >= 11 is -1.39. The molecule has 6 N–H and O–H groups in total. The van der Waals surface area contributed by atoms with Gasteiger partial charge in [0.25, 0.3) is 0 Å². The number of phosphoric ester groups is 1. The number of hydrogen-bond acceptors (Lipinski definition) is 10. The van der Waals surface area contributed by atoms with E-state index in [1.54, 1.807) is 5.41 Å². The van der Waals surface area contributed by atoms with Gasteiger partial charge in [0, 0.05) is 5.41 Å². The van der Waals surface area contributed by atoms with Gasteiger partial charge in [-0.1, -0.05) is 13.3 Å². The van der Waals surface area contributed by atoms with Crippen LogP contribution in [0.1, 0.15) is 61.3 Å². The molecule has 37 heavy (non-hydrogen) atoms. The monoisotopic (exact) mass is 566 g/mol. The average molecular weight is 567 g/mol. The molecule has 15 heteroatoms. The largest absolute Gasteiger partial charge is 0.469 e. The van der Waals surface area contributed by atoms with Crippen LogP contribution in [0.3, 0.4) is 0 Å². The van der Waals surface area contributed by atoms with Gasteiger partial charge in [0.15, 0.2) is 0 Å². The van der Waals surface area contributed by atoms with E-state index >= 15 is 0 Å². The summed E-state index contributed by atoms with van der Waals surface area (Å²) in [5.74, 6) is -0.800. The highest BCUT2D eigenvalue weighted by atomic mass is 32.2. The van der Waals surface area contributed by atoms with Crippen LogP contribution in [0.4, 0.5) is 0 Å². The standard InChI is InChI=1S/C22H35N2O11PS/c1-8-9-17(2,15(25)33-14-13-12-10-37(14)34-16(23-12)24-13)22(7)21(6,28)20(5,27)19(4,26)18(3,35-22)11-32-36(29,30)31/h10,26-28,37H,8-9,11H2,1-7H3,(H,23,24)(H2,29,30,31)/t17-,18?,19?,20?,21?,22?/m0/s1. The molecule has 4 aliphatic heterocycles. The number of ether oxygens (including phenoxy) is 2. The quantitative estimate of drug-likeness (QED) is 0.124. The second-order valence-electron chi connectivity index (χ2n) is 11.0. The molecule has 5 heterocycles. The minimum absolute atomic E-state index is 0.112. The summed E-state index contributed by atoms with van der Waals surface area (Å²) in [7, 11) is -5.02. The lowest BCUT2D eigenvalue weighted by molar-refractivity contribution is -0.418. The number of H-pyrrole nitrogens is 1. The predicted molar refractivity (Wildman–Crippen MR) is 132 cm³/mol. The van der Waals surface area contributed by atoms with Crippen LogP contribution in [0.2, 0.25) is 0 Å². The van der Waals surface area contributed by atoms with Crippen LogP contribution in [-0.2, 0) is 23.4 Å². The summed E-state index contributed by atoms with van der Waals surface area (Å²) in [5.41, 5.74) is -12.7. The molecule has 1 fully saturated rings. The van der Waals surface area contributed by atoms with Gasteiger partial charge in [0.1, 0.15) is 33.4 Å². The number of imidazole rings is 1. The van der Waals surface area contributed by atoms with E-state index in [9.17, 15) is 34.5 Å². The topological polar surface area (TPSA) is 201 Å². The Morgan fingerprint density at radius 1 is 1.16 bits per heavy atom. The molecule has 0 spiro atoms. The number of aromatic amines is 1. The van der Waals surface area contributed by atoms with Crippen LogP contribution in [0.15, 0.2) is 0 Å². The second kappa shape index (κ2) is 8.26. The van der Waals surface area contributed by atoms with Gasteiger partial charge < -0.3 is 43.7 Å². The Labute approximate surface area is 216 Å². The van der Waals surface area contributed by atoms with Crippen molar-refractivity contribution < 1.29 is 52.6 Å². The van der Waals surface area contributed by atoms with Crippen molar-refractivity contribution in [2.24, 2.45) is 5.41 Å². The third-order valence-electron chi connectivity index (χ3n) is 8.78. The van der Waals surface area contributed by atoms with E-state index in [4.69, 9.17) is 18.2 Å². The minimum Gasteiger partial charge on any atom is -0.415 e. The fraction of sp³-hybridized carbons (Fsp3) is 0.727. The van der Waals surface area contributed by atoms with E-state index in [0.717, 1.165) is 6.92 Å². The van der Waals surface area contributed by atoms with Gasteiger partial charge in [0.2, 0.25) is 5.09 Å². The fourth-order valence-corrected chi connectivity index (χ4v) is 7.48. The Morgan fingerprint density at radius 2 is 1.78 bits per heavy atom. The lowest BCUT2D eigenvalue weighted by Crippen LogP contribution is -2.87. The number of thiol groups is 1. The van der Waals surface area contributed by atoms with E-state index in [1.807, 2.05) is 6.92 Å². The van der Waals surface area contributed by atoms with Crippen molar-refractivity contribution in [2.75, 3.05) is 6.61 Å². The van der Waals surface area contributed by atoms with Gasteiger partial charge >= 0.3 is 19.8 Å². The molecule has 0 aliphatic carbocycles. The van der Waals surface area contributed by atoms with E-state index in [2.05, 4.69) is 9.97 Å². The number of nitrogens with zero attached hydrogens (tertiary/aromatic N) is 1. The molecule has 0 amide bonds. The molecule has 4 aliphatic rings. The minimum atomic E-state index is -5.02. The van der Waals surface area contributed by atoms with E-state index in [-0.39, 0.29) is 11.5 Å². The third-order valence-corrected chi connectivity index (χ3v) is 10.8. The van der Waals surface area contributed by atoms with Crippen molar-refractivity contribution in [2.45, 2.75) is 89.3 Å². The number of phosphoric acid groups is 1. The first-order chi connectivity index (χ1) is 16.7. The molecular weight excluding hydrogens is 531 g/mol. The third kappa shape index (κ3) is 3.76. The lowest BCUT2D eigenvalue weighted by atomic mass is 9.51. The lowest BCUT2D eigenvalue weighted by Gasteiger charge is -2.68. The molecule has 1 aromatic rings. The molecule has 4 bridgehead atoms. The number of hydrogen-bond donors (Lipinski definition) is 7. The van der Waals surface area contributed by atoms with Crippen molar-refractivity contribution in [3.63, 3.8) is 0 Å². The first-order valence-electron chi connectivity index (χ1n) is 11.8. The highest BCUT2D eigenvalue weighted by Crippen LogP contribution is 2.61. The summed E-state index contributed by atoms with van der Waals surface area (Å²) in [6.07, 6.45) is 0.542. The zero-order valence-electron chi connectivity index (χ0n) is 21.7. The van der Waals surface area contributed by atoms with Crippen LogP contribution in [0.25, 0.3) is 10.5 Å². The molecule has 7 atom stereocenters. The number of rotatable bonds is 8. The summed E-state index contributed by atoms with van der Waals surface area (Å²) in [6, 6.07) is 0.333. The maximum absolute atomic E-state index is 14.0. The number of carbonyl (C=O) groups excluding carboxylic acids is 1. The zero-order chi connectivity index (χ0) is 28.0. The van der Waals surface area contributed by atoms with Crippen molar-refractivity contribution in [1.29, 1.82) is 0 Å². The van der Waals surface area contributed by atoms with E-state index in [0.29, 0.717) is 23.1 Å². The predicted octanol–water partition coefficient (Wildman–Crippen LogP) is -0.205. The SMILES string of the molecule is CCC[C@@](C)(C(=O)OC1=c2nc3[nH]c2=C[S@@H]1O3)C1(C)OC(C)(COP(=O)(O)O)C(C)(O)C(C)(O)C1(C)O. The van der Waals surface area contributed by atoms with Crippen molar-refractivity contribution in [3.8, 4) is 6.01 Å². The Morgan fingerprint density at radius 3 is 2.32 bits per heavy atom. The van der Waals surface area contributed by atoms with Crippen LogP contribution < -0.4 is 14.9 Å². The Bertz CT molecular complexity index is 1300. The van der Waals surface area contributed by atoms with Gasteiger partial charge in [-0.05, 0) is 59.1 Å². The Kier molecular flexibility index (Phi) is 6.37. The number of nitrogens with one attached hydrogen (secondary N) is 1. The fourth-order valence-electron chi connectivity index (χ4n) is 5.56. The summed E-state index contributed by atoms with van der Waals surface area (Å²) in [5, 5.41) is 38.1. The van der Waals surface area contributed by atoms with Gasteiger partial charge in [-0.15, -0.1) is 0 Å². The Balaban J connectivity index is 1.82. The molecule has 0 aromatic carbocycles. The van der Waals surface area contributed by atoms with Gasteiger partial charge in [-0.2, -0.15) is 4.98 Å². The van der Waals surface area contributed by atoms with Gasteiger partial charge in [0.05, 0.1) is 17.4 Å². The molecule has 5 unspecified atom stereocenters. The number of esters is 1. The number of aliphatic hydroxyl groups is 3. The molecule has 1 aromatic heterocycles. The maximum Gasteiger partial charge on any atom is 0.469 e. The normalized spacial score (nSPS) is 40.2. The maximum atomic E-state index is 14.0. The Hall–Kier alpha value is -1.48. The van der Waals surface area contributed by atoms with Crippen molar-refractivity contribution >= 4 is 35.5 Å². The summed E-state index contributed by atoms with van der Waals surface area (Å²) in [6.45, 7) is 8.71. The molecule has 1 saturated heterocycles. The smallest absolute Gasteiger partial charge is 0.415 e. The van der Waals surface area contributed by atoms with Gasteiger partial charge in [-0.25, -0.2) is 4.57 Å². The summed E-state index contributed by atoms with van der Waals surface area (Å²) in [4.78, 5) is 39.8. The van der Waals surface area contributed by atoms with Crippen LogP contribution in [0, 0.1) is 5.41 Å². The van der Waals surface area contributed by atoms with Gasteiger partial charge in [-0.3, -0.25) is 9.32 Å². The molecule has 0 radical (unpaired) electrons. The van der Waals surface area contributed by atoms with E-state index < -0.39 is 65.0 Å². The number of carbonyl (C=O) groups is 1. The van der Waals surface area contributed by atoms with Crippen molar-refractivity contribution in [1.82, 2.24) is 9.97 Å². The van der Waals surface area contributed by atoms with Crippen molar-refractivity contribution in [3.05, 3.63) is 10.7 Å².